The van der Waals surface area contributed by atoms with E-state index in [-0.39, 0.29) is 0 Å². The van der Waals surface area contributed by atoms with E-state index in [0.717, 1.165) is 73.9 Å². The molecule has 5 N–H and O–H groups in total. The molecule has 35 heavy (non-hydrogen) atoms. The molecule has 2 aromatic rings. The number of anilines is 1. The smallest absolute Gasteiger partial charge is 0.213 e. The zero-order chi connectivity index (χ0) is 24.1. The number of rotatable bonds is 6. The van der Waals surface area contributed by atoms with Crippen LogP contribution < -0.4 is 20.3 Å². The summed E-state index contributed by atoms with van der Waals surface area (Å²) in [5.74, 6) is 1.24. The summed E-state index contributed by atoms with van der Waals surface area (Å²) in [5.41, 5.74) is 18.6. The molecule has 1 aliphatic heterocycles. The fraction of sp³-hybridized carbons (Fsp3) is 0.393. The van der Waals surface area contributed by atoms with Gasteiger partial charge in [0.1, 0.15) is 0 Å². The van der Waals surface area contributed by atoms with Gasteiger partial charge in [0.2, 0.25) is 5.95 Å². The summed E-state index contributed by atoms with van der Waals surface area (Å²) in [5, 5.41) is 7.07. The van der Waals surface area contributed by atoms with E-state index in [1.807, 2.05) is 3.93 Å². The maximum absolute atomic E-state index is 6.69. The van der Waals surface area contributed by atoms with E-state index < -0.39 is 0 Å². The number of imidazole rings is 1. The second kappa shape index (κ2) is 9.03. The number of aromatic nitrogens is 2. The molecular formula is C28H33BrN6. The molecule has 3 aliphatic carbocycles. The van der Waals surface area contributed by atoms with E-state index in [4.69, 9.17) is 10.7 Å². The maximum atomic E-state index is 6.69. The Morgan fingerprint density at radius 1 is 1.23 bits per heavy atom. The van der Waals surface area contributed by atoms with Crippen molar-refractivity contribution < 1.29 is 0 Å². The van der Waals surface area contributed by atoms with Gasteiger partial charge in [-0.1, -0.05) is 36.9 Å². The van der Waals surface area contributed by atoms with Gasteiger partial charge in [-0.3, -0.25) is 3.93 Å². The molecule has 7 heteroatoms. The molecule has 4 aliphatic rings. The Morgan fingerprint density at radius 2 is 2.09 bits per heavy atom. The third-order valence-electron chi connectivity index (χ3n) is 7.92. The first-order valence-electron chi connectivity index (χ1n) is 12.8. The minimum atomic E-state index is 0.348. The fourth-order valence-corrected chi connectivity index (χ4v) is 6.16. The average Bonchev–Trinajstić information content (AvgIpc) is 3.64. The maximum Gasteiger partial charge on any atom is 0.213 e. The predicted molar refractivity (Wildman–Crippen MR) is 147 cm³/mol. The number of H-pyrrole nitrogens is 1. The quantitative estimate of drug-likeness (QED) is 0.390. The summed E-state index contributed by atoms with van der Waals surface area (Å²) in [4.78, 5) is 8.37. The van der Waals surface area contributed by atoms with Crippen LogP contribution >= 0.6 is 16.1 Å². The first kappa shape index (κ1) is 22.7. The van der Waals surface area contributed by atoms with Crippen molar-refractivity contribution in [1.82, 2.24) is 20.6 Å². The average molecular weight is 534 g/mol. The fourth-order valence-electron chi connectivity index (χ4n) is 5.99. The van der Waals surface area contributed by atoms with E-state index in [9.17, 15) is 0 Å². The molecule has 0 bridgehead atoms. The van der Waals surface area contributed by atoms with Gasteiger partial charge in [-0.2, -0.15) is 0 Å². The van der Waals surface area contributed by atoms with Crippen LogP contribution in [0, 0.1) is 5.92 Å². The number of aromatic amines is 1. The number of fused-ring (bicyclic) bond motifs is 4. The van der Waals surface area contributed by atoms with Gasteiger partial charge < -0.3 is 21.4 Å². The van der Waals surface area contributed by atoms with Crippen molar-refractivity contribution in [2.75, 3.05) is 17.0 Å². The first-order valence-corrected chi connectivity index (χ1v) is 13.5. The Morgan fingerprint density at radius 3 is 2.89 bits per heavy atom. The second-order valence-electron chi connectivity index (χ2n) is 9.96. The standard InChI is InChI=1S/C28H33BrN6/c1-3-35(29)28-33-25-12-7-18-15-17(6-8-20(18)27(25)34-28)19-9-10-22-21(19)11-13-24(26(22)30)32-16(2)23-5-4-14-31-23/h6,8-10,15,21,23,31-32H,2-5,7,11-14,30H2,1H3,(H,33,34). The Hall–Kier alpha value is -2.77. The number of halogens is 1. The van der Waals surface area contributed by atoms with Crippen LogP contribution in [-0.2, 0) is 12.8 Å². The molecule has 2 atom stereocenters. The summed E-state index contributed by atoms with van der Waals surface area (Å²) in [6.07, 6.45) is 10.9. The van der Waals surface area contributed by atoms with Crippen LogP contribution in [0.1, 0.15) is 49.4 Å². The number of nitrogens with two attached hydrogens (primary N) is 1. The Balaban J connectivity index is 1.22. The summed E-state index contributed by atoms with van der Waals surface area (Å²) >= 11 is 3.58. The van der Waals surface area contributed by atoms with Gasteiger partial charge in [-0.15, -0.1) is 0 Å². The molecule has 6 rings (SSSR count). The number of benzene rings is 1. The number of nitrogens with one attached hydrogen (secondary N) is 3. The van der Waals surface area contributed by atoms with Crippen molar-refractivity contribution in [1.29, 1.82) is 0 Å². The number of aryl methyl sites for hydroxylation is 2. The van der Waals surface area contributed by atoms with Crippen LogP contribution in [0.2, 0.25) is 0 Å². The van der Waals surface area contributed by atoms with E-state index in [2.05, 4.69) is 75.6 Å². The van der Waals surface area contributed by atoms with Crippen LogP contribution in [0.3, 0.4) is 0 Å². The van der Waals surface area contributed by atoms with E-state index >= 15 is 0 Å². The van der Waals surface area contributed by atoms with Crippen molar-refractivity contribution in [3.05, 3.63) is 76.4 Å². The van der Waals surface area contributed by atoms with Crippen molar-refractivity contribution in [2.45, 2.75) is 51.5 Å². The lowest BCUT2D eigenvalue weighted by atomic mass is 9.80. The summed E-state index contributed by atoms with van der Waals surface area (Å²) < 4.78 is 1.97. The molecule has 0 saturated carbocycles. The zero-order valence-electron chi connectivity index (χ0n) is 20.3. The molecule has 182 valence electrons. The van der Waals surface area contributed by atoms with Crippen LogP contribution in [0.15, 0.2) is 59.6 Å². The number of allylic oxidation sites excluding steroid dienone is 5. The molecule has 1 aromatic carbocycles. The predicted octanol–water partition coefficient (Wildman–Crippen LogP) is 5.07. The van der Waals surface area contributed by atoms with Crippen molar-refractivity contribution in [2.24, 2.45) is 11.7 Å². The van der Waals surface area contributed by atoms with E-state index in [1.165, 1.54) is 40.0 Å². The molecule has 0 radical (unpaired) electrons. The Bertz CT molecular complexity index is 1280. The molecule has 1 aromatic heterocycles. The largest absolute Gasteiger partial charge is 0.397 e. The molecule has 0 spiro atoms. The normalized spacial score (nSPS) is 22.8. The van der Waals surface area contributed by atoms with Gasteiger partial charge in [0.15, 0.2) is 0 Å². The lowest BCUT2D eigenvalue weighted by molar-refractivity contribution is 0.598. The highest BCUT2D eigenvalue weighted by atomic mass is 79.9. The van der Waals surface area contributed by atoms with Gasteiger partial charge in [-0.25, -0.2) is 4.98 Å². The van der Waals surface area contributed by atoms with Crippen molar-refractivity contribution in [3.63, 3.8) is 0 Å². The molecule has 2 unspecified atom stereocenters. The summed E-state index contributed by atoms with van der Waals surface area (Å²) in [7, 11) is 0. The molecule has 6 nitrogen and oxygen atoms in total. The number of nitrogens with zero attached hydrogens (tertiary/aromatic N) is 2. The Labute approximate surface area is 215 Å². The summed E-state index contributed by atoms with van der Waals surface area (Å²) in [6.45, 7) is 8.30. The van der Waals surface area contributed by atoms with E-state index in [0.29, 0.717) is 12.0 Å². The van der Waals surface area contributed by atoms with E-state index in [1.54, 1.807) is 0 Å². The summed E-state index contributed by atoms with van der Waals surface area (Å²) in [6, 6.07) is 7.24. The molecule has 1 fully saturated rings. The second-order valence-corrected chi connectivity index (χ2v) is 10.8. The van der Waals surface area contributed by atoms with Gasteiger partial charge in [0.25, 0.3) is 0 Å². The zero-order valence-corrected chi connectivity index (χ0v) is 21.8. The van der Waals surface area contributed by atoms with Crippen LogP contribution in [0.5, 0.6) is 0 Å². The SMILES string of the molecule is C=C(NC1=C(N)C2=CC=C(c3ccc4c(c3)CCc3[nH]c(N(Br)CC)nc3-4)C2CC1)C1CCCN1. The third-order valence-corrected chi connectivity index (χ3v) is 8.75. The number of hydrogen-bond acceptors (Lipinski definition) is 5. The highest BCUT2D eigenvalue weighted by Crippen LogP contribution is 2.45. The number of hydrogen-bond donors (Lipinski definition) is 4. The third kappa shape index (κ3) is 3.95. The molecule has 1 saturated heterocycles. The lowest BCUT2D eigenvalue weighted by Gasteiger charge is -2.30. The minimum absolute atomic E-state index is 0.348. The van der Waals surface area contributed by atoms with Crippen molar-refractivity contribution >= 4 is 27.7 Å². The van der Waals surface area contributed by atoms with Gasteiger partial charge in [0, 0.05) is 41.2 Å². The van der Waals surface area contributed by atoms with Crippen LogP contribution in [0.4, 0.5) is 5.95 Å². The first-order chi connectivity index (χ1) is 17.0. The molecule has 0 amide bonds. The van der Waals surface area contributed by atoms with Gasteiger partial charge >= 0.3 is 0 Å². The monoisotopic (exact) mass is 532 g/mol. The van der Waals surface area contributed by atoms with Crippen LogP contribution in [0.25, 0.3) is 16.8 Å². The molecular weight excluding hydrogens is 500 g/mol. The lowest BCUT2D eigenvalue weighted by Crippen LogP contribution is -2.33. The van der Waals surface area contributed by atoms with Crippen LogP contribution in [-0.4, -0.2) is 29.1 Å². The van der Waals surface area contributed by atoms with Gasteiger partial charge in [-0.05, 0) is 74.3 Å². The van der Waals surface area contributed by atoms with Crippen molar-refractivity contribution in [3.8, 4) is 11.3 Å². The minimum Gasteiger partial charge on any atom is -0.397 e. The van der Waals surface area contributed by atoms with Gasteiger partial charge in [0.05, 0.1) is 27.5 Å². The Kier molecular flexibility index (Phi) is 5.85. The highest BCUT2D eigenvalue weighted by molar-refractivity contribution is 9.10. The molecule has 2 heterocycles. The highest BCUT2D eigenvalue weighted by Gasteiger charge is 2.32. The topological polar surface area (TPSA) is 82.0 Å².